The molecule has 1 heterocycles. The maximum absolute atomic E-state index is 10.1. The van der Waals surface area contributed by atoms with Gasteiger partial charge in [-0.25, -0.2) is 0 Å². The van der Waals surface area contributed by atoms with Crippen LogP contribution in [0.4, 0.5) is 0 Å². The Morgan fingerprint density at radius 1 is 1.47 bits per heavy atom. The Bertz CT molecular complexity index is 355. The number of hydrogen-bond donors (Lipinski definition) is 2. The molecule has 1 aromatic rings. The molecule has 0 aliphatic carbocycles. The van der Waals surface area contributed by atoms with Gasteiger partial charge in [0.15, 0.2) is 0 Å². The first-order chi connectivity index (χ1) is 8.27. The molecule has 0 saturated carbocycles. The lowest BCUT2D eigenvalue weighted by Crippen LogP contribution is -2.36. The minimum Gasteiger partial charge on any atom is -0.387 e. The van der Waals surface area contributed by atoms with E-state index in [0.717, 1.165) is 11.3 Å². The summed E-state index contributed by atoms with van der Waals surface area (Å²) < 4.78 is 0. The molecule has 2 unspecified atom stereocenters. The lowest BCUT2D eigenvalue weighted by molar-refractivity contribution is 0.170. The van der Waals surface area contributed by atoms with Crippen LogP contribution in [0.1, 0.15) is 24.5 Å². The Morgan fingerprint density at radius 2 is 2.29 bits per heavy atom. The third kappa shape index (κ3) is 3.88. The lowest BCUT2D eigenvalue weighted by Gasteiger charge is -2.24. The Hall–Kier alpha value is -0.220. The van der Waals surface area contributed by atoms with Crippen LogP contribution in [0, 0.1) is 0 Å². The van der Waals surface area contributed by atoms with Crippen molar-refractivity contribution in [3.63, 3.8) is 0 Å². The van der Waals surface area contributed by atoms with E-state index in [-0.39, 0.29) is 0 Å². The Morgan fingerprint density at radius 3 is 3.00 bits per heavy atom. The number of rotatable bonds is 4. The molecule has 1 fully saturated rings. The summed E-state index contributed by atoms with van der Waals surface area (Å²) in [5, 5.41) is 14.1. The van der Waals surface area contributed by atoms with Crippen molar-refractivity contribution in [1.82, 2.24) is 5.32 Å². The number of thioether (sulfide) groups is 1. The van der Waals surface area contributed by atoms with Gasteiger partial charge in [0.05, 0.1) is 6.10 Å². The van der Waals surface area contributed by atoms with Gasteiger partial charge in [0, 0.05) is 28.9 Å². The fourth-order valence-electron chi connectivity index (χ4n) is 2.04. The van der Waals surface area contributed by atoms with E-state index in [4.69, 9.17) is 11.6 Å². The van der Waals surface area contributed by atoms with Gasteiger partial charge in [-0.3, -0.25) is 0 Å². The van der Waals surface area contributed by atoms with E-state index in [1.165, 1.54) is 18.6 Å². The van der Waals surface area contributed by atoms with Gasteiger partial charge in [-0.2, -0.15) is 11.8 Å². The first-order valence-electron chi connectivity index (χ1n) is 6.01. The first kappa shape index (κ1) is 13.2. The number of halogens is 1. The predicted molar refractivity (Wildman–Crippen MR) is 74.8 cm³/mol. The Balaban J connectivity index is 1.84. The zero-order chi connectivity index (χ0) is 12.1. The average molecular weight is 272 g/mol. The van der Waals surface area contributed by atoms with Crippen molar-refractivity contribution >= 4 is 23.4 Å². The Labute approximate surface area is 112 Å². The smallest absolute Gasteiger partial charge is 0.0928 e. The van der Waals surface area contributed by atoms with Crippen molar-refractivity contribution < 1.29 is 5.11 Å². The molecule has 0 bridgehead atoms. The molecule has 0 radical (unpaired) electrons. The molecule has 17 heavy (non-hydrogen) atoms. The summed E-state index contributed by atoms with van der Waals surface area (Å²) in [6, 6.07) is 8.01. The van der Waals surface area contributed by atoms with Gasteiger partial charge in [0.25, 0.3) is 0 Å². The largest absolute Gasteiger partial charge is 0.387 e. The highest BCUT2D eigenvalue weighted by molar-refractivity contribution is 7.99. The zero-order valence-electron chi connectivity index (χ0n) is 9.73. The zero-order valence-corrected chi connectivity index (χ0v) is 11.3. The van der Waals surface area contributed by atoms with E-state index in [9.17, 15) is 5.11 Å². The van der Waals surface area contributed by atoms with Crippen LogP contribution in [-0.2, 0) is 0 Å². The summed E-state index contributed by atoms with van der Waals surface area (Å²) in [5.41, 5.74) is 0.810. The second kappa shape index (κ2) is 6.64. The number of nitrogens with one attached hydrogen (secondary N) is 1. The molecular formula is C13H18ClNOS. The molecule has 1 aromatic carbocycles. The van der Waals surface area contributed by atoms with Crippen LogP contribution in [0.5, 0.6) is 0 Å². The normalized spacial score (nSPS) is 22.4. The third-order valence-electron chi connectivity index (χ3n) is 3.02. The molecule has 0 spiro atoms. The molecule has 94 valence electrons. The van der Waals surface area contributed by atoms with E-state index in [2.05, 4.69) is 5.32 Å². The highest BCUT2D eigenvalue weighted by atomic mass is 35.5. The molecule has 2 N–H and O–H groups in total. The fourth-order valence-corrected chi connectivity index (χ4v) is 3.40. The van der Waals surface area contributed by atoms with Crippen molar-refractivity contribution in [2.75, 3.05) is 18.1 Å². The molecule has 1 aliphatic rings. The van der Waals surface area contributed by atoms with Crippen molar-refractivity contribution in [2.24, 2.45) is 0 Å². The standard InChI is InChI=1S/C13H18ClNOS/c14-12-6-2-1-5-11(12)13(16)8-15-10-4-3-7-17-9-10/h1-2,5-6,10,13,15-16H,3-4,7-9H2. The van der Waals surface area contributed by atoms with Crippen LogP contribution < -0.4 is 5.32 Å². The number of aliphatic hydroxyl groups is 1. The molecule has 4 heteroatoms. The highest BCUT2D eigenvalue weighted by Gasteiger charge is 2.16. The van der Waals surface area contributed by atoms with Gasteiger partial charge >= 0.3 is 0 Å². The van der Waals surface area contributed by atoms with Crippen molar-refractivity contribution in [1.29, 1.82) is 0 Å². The van der Waals surface area contributed by atoms with Gasteiger partial charge in [-0.05, 0) is 24.7 Å². The molecule has 1 aliphatic heterocycles. The molecule has 2 rings (SSSR count). The van der Waals surface area contributed by atoms with E-state index in [1.807, 2.05) is 36.0 Å². The molecule has 0 aromatic heterocycles. The van der Waals surface area contributed by atoms with Gasteiger partial charge in [-0.15, -0.1) is 0 Å². The summed E-state index contributed by atoms with van der Waals surface area (Å²) in [5.74, 6) is 2.42. The van der Waals surface area contributed by atoms with E-state index in [1.54, 1.807) is 0 Å². The van der Waals surface area contributed by atoms with E-state index < -0.39 is 6.10 Å². The van der Waals surface area contributed by atoms with Gasteiger partial charge < -0.3 is 10.4 Å². The molecule has 2 atom stereocenters. The van der Waals surface area contributed by atoms with Gasteiger partial charge in [0.2, 0.25) is 0 Å². The average Bonchev–Trinajstić information content (AvgIpc) is 2.38. The van der Waals surface area contributed by atoms with Crippen LogP contribution >= 0.6 is 23.4 Å². The molecule has 0 amide bonds. The molecular weight excluding hydrogens is 254 g/mol. The van der Waals surface area contributed by atoms with Gasteiger partial charge in [-0.1, -0.05) is 29.8 Å². The summed E-state index contributed by atoms with van der Waals surface area (Å²) >= 11 is 8.03. The fraction of sp³-hybridized carbons (Fsp3) is 0.538. The minimum atomic E-state index is -0.518. The van der Waals surface area contributed by atoms with Crippen molar-refractivity contribution in [3.05, 3.63) is 34.9 Å². The summed E-state index contributed by atoms with van der Waals surface area (Å²) in [7, 11) is 0. The Kier molecular flexibility index (Phi) is 5.16. The summed E-state index contributed by atoms with van der Waals surface area (Å²) in [6.45, 7) is 0.578. The monoisotopic (exact) mass is 271 g/mol. The van der Waals surface area contributed by atoms with Crippen LogP contribution in [0.2, 0.25) is 5.02 Å². The van der Waals surface area contributed by atoms with Crippen LogP contribution in [0.25, 0.3) is 0 Å². The highest BCUT2D eigenvalue weighted by Crippen LogP contribution is 2.23. The summed E-state index contributed by atoms with van der Waals surface area (Å²) in [4.78, 5) is 0. The number of hydrogen-bond acceptors (Lipinski definition) is 3. The molecule has 1 saturated heterocycles. The predicted octanol–water partition coefficient (Wildman–Crippen LogP) is 2.86. The van der Waals surface area contributed by atoms with Crippen LogP contribution in [-0.4, -0.2) is 29.2 Å². The second-order valence-electron chi connectivity index (χ2n) is 4.36. The van der Waals surface area contributed by atoms with Crippen molar-refractivity contribution in [2.45, 2.75) is 25.0 Å². The van der Waals surface area contributed by atoms with E-state index >= 15 is 0 Å². The van der Waals surface area contributed by atoms with Crippen LogP contribution in [0.15, 0.2) is 24.3 Å². The molecule has 2 nitrogen and oxygen atoms in total. The van der Waals surface area contributed by atoms with Gasteiger partial charge in [0.1, 0.15) is 0 Å². The minimum absolute atomic E-state index is 0.518. The maximum atomic E-state index is 10.1. The summed E-state index contributed by atoms with van der Waals surface area (Å²) in [6.07, 6.45) is 1.96. The second-order valence-corrected chi connectivity index (χ2v) is 5.92. The quantitative estimate of drug-likeness (QED) is 0.883. The van der Waals surface area contributed by atoms with E-state index in [0.29, 0.717) is 17.6 Å². The lowest BCUT2D eigenvalue weighted by atomic mass is 10.1. The van der Waals surface area contributed by atoms with Crippen LogP contribution in [0.3, 0.4) is 0 Å². The third-order valence-corrected chi connectivity index (χ3v) is 4.58. The first-order valence-corrected chi connectivity index (χ1v) is 7.54. The maximum Gasteiger partial charge on any atom is 0.0928 e. The SMILES string of the molecule is OC(CNC1CCCSC1)c1ccccc1Cl. The van der Waals surface area contributed by atoms with Crippen molar-refractivity contribution in [3.8, 4) is 0 Å². The number of aliphatic hydroxyl groups excluding tert-OH is 1. The topological polar surface area (TPSA) is 32.3 Å². The number of benzene rings is 1.